The zero-order valence-corrected chi connectivity index (χ0v) is 14.0. The Hall–Kier alpha value is 0.0500. The van der Waals surface area contributed by atoms with Gasteiger partial charge in [0.2, 0.25) is 10.0 Å². The Kier molecular flexibility index (Phi) is 6.79. The van der Waals surface area contributed by atoms with Crippen LogP contribution in [0.1, 0.15) is 13.3 Å². The highest BCUT2D eigenvalue weighted by Crippen LogP contribution is 2.25. The van der Waals surface area contributed by atoms with Crippen molar-refractivity contribution in [3.63, 3.8) is 0 Å². The first kappa shape index (κ1) is 16.1. The average Bonchev–Trinajstić information content (AvgIpc) is 2.32. The summed E-state index contributed by atoms with van der Waals surface area (Å²) < 4.78 is 28.0. The molecule has 2 N–H and O–H groups in total. The number of hydrogen-bond acceptors (Lipinski definition) is 3. The zero-order chi connectivity index (χ0) is 13.6. The van der Waals surface area contributed by atoms with Crippen LogP contribution in [0.5, 0.6) is 0 Å². The van der Waals surface area contributed by atoms with Crippen molar-refractivity contribution >= 4 is 41.9 Å². The minimum absolute atomic E-state index is 0.250. The molecule has 0 atom stereocenters. The molecule has 0 heterocycles. The fourth-order valence-corrected chi connectivity index (χ4v) is 3.93. The van der Waals surface area contributed by atoms with Gasteiger partial charge in [0.1, 0.15) is 0 Å². The molecule has 7 heteroatoms. The molecule has 1 rings (SSSR count). The lowest BCUT2D eigenvalue weighted by Crippen LogP contribution is -2.27. The van der Waals surface area contributed by atoms with Crippen LogP contribution in [0.3, 0.4) is 0 Å². The molecule has 1 aromatic rings. The van der Waals surface area contributed by atoms with Crippen LogP contribution in [-0.4, -0.2) is 28.1 Å². The largest absolute Gasteiger partial charge is 0.317 e. The molecular formula is C11H16Br2N2O2S. The molecule has 0 fully saturated rings. The lowest BCUT2D eigenvalue weighted by molar-refractivity contribution is 0.575. The van der Waals surface area contributed by atoms with Gasteiger partial charge in [-0.05, 0) is 53.6 Å². The second-order valence-electron chi connectivity index (χ2n) is 3.68. The van der Waals surface area contributed by atoms with Crippen molar-refractivity contribution in [1.82, 2.24) is 10.0 Å². The summed E-state index contributed by atoms with van der Waals surface area (Å²) in [6.07, 6.45) is 0.763. The van der Waals surface area contributed by atoms with E-state index < -0.39 is 10.0 Å². The van der Waals surface area contributed by atoms with Crippen LogP contribution in [0.15, 0.2) is 32.0 Å². The summed E-state index contributed by atoms with van der Waals surface area (Å²) in [4.78, 5) is 0.250. The molecule has 0 spiro atoms. The second-order valence-corrected chi connectivity index (χ2v) is 7.19. The van der Waals surface area contributed by atoms with Gasteiger partial charge in [0, 0.05) is 15.5 Å². The summed E-state index contributed by atoms with van der Waals surface area (Å²) in [5, 5.41) is 3.14. The molecule has 18 heavy (non-hydrogen) atoms. The summed E-state index contributed by atoms with van der Waals surface area (Å²) in [6.45, 7) is 4.14. The Morgan fingerprint density at radius 1 is 1.22 bits per heavy atom. The van der Waals surface area contributed by atoms with Gasteiger partial charge < -0.3 is 5.32 Å². The van der Waals surface area contributed by atoms with E-state index in [0.29, 0.717) is 11.0 Å². The van der Waals surface area contributed by atoms with Gasteiger partial charge in [-0.25, -0.2) is 13.1 Å². The highest BCUT2D eigenvalue weighted by atomic mass is 79.9. The molecule has 102 valence electrons. The van der Waals surface area contributed by atoms with Crippen molar-refractivity contribution in [2.24, 2.45) is 0 Å². The van der Waals surface area contributed by atoms with E-state index in [1.165, 1.54) is 0 Å². The highest BCUT2D eigenvalue weighted by Gasteiger charge is 2.17. The van der Waals surface area contributed by atoms with Crippen LogP contribution in [0.4, 0.5) is 0 Å². The van der Waals surface area contributed by atoms with E-state index in [-0.39, 0.29) is 4.90 Å². The lowest BCUT2D eigenvalue weighted by atomic mass is 10.4. The molecule has 0 aliphatic heterocycles. The van der Waals surface area contributed by atoms with Crippen LogP contribution in [0, 0.1) is 0 Å². The molecule has 0 aliphatic rings. The third-order valence-corrected chi connectivity index (χ3v) is 5.20. The molecule has 0 radical (unpaired) electrons. The smallest absolute Gasteiger partial charge is 0.241 e. The van der Waals surface area contributed by atoms with E-state index in [1.807, 2.05) is 6.92 Å². The maximum Gasteiger partial charge on any atom is 0.241 e. The summed E-state index contributed by atoms with van der Waals surface area (Å²) >= 11 is 6.52. The molecule has 0 amide bonds. The Morgan fingerprint density at radius 3 is 2.61 bits per heavy atom. The quantitative estimate of drug-likeness (QED) is 0.692. The Bertz CT molecular complexity index is 492. The van der Waals surface area contributed by atoms with Crippen LogP contribution in [0.25, 0.3) is 0 Å². The normalized spacial score (nSPS) is 11.7. The minimum atomic E-state index is -3.46. The van der Waals surface area contributed by atoms with Gasteiger partial charge in [0.25, 0.3) is 0 Å². The predicted octanol–water partition coefficient (Wildman–Crippen LogP) is 2.49. The lowest BCUT2D eigenvalue weighted by Gasteiger charge is -2.09. The first-order valence-electron chi connectivity index (χ1n) is 5.63. The number of hydrogen-bond donors (Lipinski definition) is 2. The number of sulfonamides is 1. The van der Waals surface area contributed by atoms with Crippen LogP contribution in [0.2, 0.25) is 0 Å². The first-order chi connectivity index (χ1) is 8.47. The third-order valence-electron chi connectivity index (χ3n) is 2.26. The molecule has 0 unspecified atom stereocenters. The van der Waals surface area contributed by atoms with Gasteiger partial charge >= 0.3 is 0 Å². The van der Waals surface area contributed by atoms with Crippen molar-refractivity contribution in [3.8, 4) is 0 Å². The Balaban J connectivity index is 2.66. The number of rotatable bonds is 7. The first-order valence-corrected chi connectivity index (χ1v) is 8.69. The highest BCUT2D eigenvalue weighted by molar-refractivity contribution is 9.11. The van der Waals surface area contributed by atoms with Crippen LogP contribution < -0.4 is 10.0 Å². The van der Waals surface area contributed by atoms with Gasteiger partial charge in [-0.2, -0.15) is 0 Å². The van der Waals surface area contributed by atoms with E-state index >= 15 is 0 Å². The van der Waals surface area contributed by atoms with E-state index in [4.69, 9.17) is 0 Å². The van der Waals surface area contributed by atoms with Crippen molar-refractivity contribution < 1.29 is 8.42 Å². The fraction of sp³-hybridized carbons (Fsp3) is 0.455. The topological polar surface area (TPSA) is 58.2 Å². The number of halogens is 2. The average molecular weight is 400 g/mol. The summed E-state index contributed by atoms with van der Waals surface area (Å²) in [7, 11) is -3.46. The monoisotopic (exact) mass is 398 g/mol. The summed E-state index contributed by atoms with van der Waals surface area (Å²) in [5.41, 5.74) is 0. The van der Waals surface area contributed by atoms with Gasteiger partial charge in [0.15, 0.2) is 0 Å². The standard InChI is InChI=1S/C11H16Br2N2O2S/c1-2-14-6-3-7-15-18(16,17)11-8-9(12)4-5-10(11)13/h4-5,8,14-15H,2-3,6-7H2,1H3. The Labute approximate surface area is 125 Å². The Morgan fingerprint density at radius 2 is 1.94 bits per heavy atom. The zero-order valence-electron chi connectivity index (χ0n) is 10.0. The van der Waals surface area contributed by atoms with E-state index in [9.17, 15) is 8.42 Å². The SMILES string of the molecule is CCNCCCNS(=O)(=O)c1cc(Br)ccc1Br. The number of nitrogens with one attached hydrogen (secondary N) is 2. The third kappa shape index (κ3) is 4.97. The van der Waals surface area contributed by atoms with Crippen LogP contribution in [-0.2, 0) is 10.0 Å². The van der Waals surface area contributed by atoms with Crippen molar-refractivity contribution in [3.05, 3.63) is 27.1 Å². The van der Waals surface area contributed by atoms with Crippen molar-refractivity contribution in [2.45, 2.75) is 18.2 Å². The molecule has 4 nitrogen and oxygen atoms in total. The van der Waals surface area contributed by atoms with E-state index in [1.54, 1.807) is 18.2 Å². The van der Waals surface area contributed by atoms with E-state index in [0.717, 1.165) is 24.0 Å². The van der Waals surface area contributed by atoms with E-state index in [2.05, 4.69) is 41.9 Å². The maximum atomic E-state index is 12.1. The van der Waals surface area contributed by atoms with Crippen LogP contribution >= 0.6 is 31.9 Å². The second kappa shape index (κ2) is 7.59. The minimum Gasteiger partial charge on any atom is -0.317 e. The van der Waals surface area contributed by atoms with Crippen molar-refractivity contribution in [2.75, 3.05) is 19.6 Å². The van der Waals surface area contributed by atoms with Gasteiger partial charge in [-0.3, -0.25) is 0 Å². The molecule has 0 aromatic heterocycles. The molecule has 0 aliphatic carbocycles. The van der Waals surface area contributed by atoms with Gasteiger partial charge in [-0.15, -0.1) is 0 Å². The van der Waals surface area contributed by atoms with Gasteiger partial charge in [0.05, 0.1) is 4.90 Å². The fourth-order valence-electron chi connectivity index (χ4n) is 1.36. The summed E-state index contributed by atoms with van der Waals surface area (Å²) in [5.74, 6) is 0. The predicted molar refractivity (Wildman–Crippen MR) is 80.2 cm³/mol. The summed E-state index contributed by atoms with van der Waals surface area (Å²) in [6, 6.07) is 5.07. The molecule has 0 saturated heterocycles. The molecule has 0 bridgehead atoms. The maximum absolute atomic E-state index is 12.1. The number of benzene rings is 1. The van der Waals surface area contributed by atoms with Crippen molar-refractivity contribution in [1.29, 1.82) is 0 Å². The van der Waals surface area contributed by atoms with Gasteiger partial charge in [-0.1, -0.05) is 22.9 Å². The molecule has 0 saturated carbocycles. The molecule has 1 aromatic carbocycles. The molecular weight excluding hydrogens is 384 g/mol.